The first-order valence-electron chi connectivity index (χ1n) is 7.27. The smallest absolute Gasteiger partial charge is 0.416 e. The van der Waals surface area contributed by atoms with Gasteiger partial charge in [0.25, 0.3) is 5.56 Å². The fraction of sp³-hybridized carbons (Fsp3) is 0.176. The lowest BCUT2D eigenvalue weighted by molar-refractivity contribution is -0.137. The maximum absolute atomic E-state index is 12.9. The molecule has 0 radical (unpaired) electrons. The number of halogens is 3. The number of alkyl halides is 3. The molecule has 130 valence electrons. The van der Waals surface area contributed by atoms with Crippen molar-refractivity contribution in [1.82, 2.24) is 9.38 Å². The lowest BCUT2D eigenvalue weighted by Crippen LogP contribution is -2.13. The molecule has 3 rings (SSSR count). The van der Waals surface area contributed by atoms with Crippen LogP contribution in [0.25, 0.3) is 22.6 Å². The molecule has 0 bridgehead atoms. The summed E-state index contributed by atoms with van der Waals surface area (Å²) < 4.78 is 40.2. The van der Waals surface area contributed by atoms with Gasteiger partial charge < -0.3 is 14.5 Å². The highest BCUT2D eigenvalue weighted by atomic mass is 19.4. The number of fused-ring (bicyclic) bond motifs is 3. The molecule has 1 aromatic carbocycles. The zero-order chi connectivity index (χ0) is 18.5. The number of carboxylic acids is 1. The quantitative estimate of drug-likeness (QED) is 0.695. The molecule has 0 aliphatic carbocycles. The largest absolute Gasteiger partial charge is 0.478 e. The number of aliphatic carboxylic acids is 1. The molecule has 2 heterocycles. The first-order chi connectivity index (χ1) is 11.6. The van der Waals surface area contributed by atoms with E-state index < -0.39 is 23.3 Å². The van der Waals surface area contributed by atoms with E-state index in [0.29, 0.717) is 22.3 Å². The number of hydrogen-bond donors (Lipinski definition) is 2. The normalized spacial score (nSPS) is 12.5. The van der Waals surface area contributed by atoms with Crippen molar-refractivity contribution in [2.45, 2.75) is 20.0 Å². The molecule has 0 unspecified atom stereocenters. The Labute approximate surface area is 139 Å². The Balaban J connectivity index is 2.47. The van der Waals surface area contributed by atoms with Crippen LogP contribution in [0.2, 0.25) is 0 Å². The van der Waals surface area contributed by atoms with Gasteiger partial charge in [-0.15, -0.1) is 0 Å². The number of hydrogen-bond acceptors (Lipinski definition) is 2. The Kier molecular flexibility index (Phi) is 3.70. The van der Waals surface area contributed by atoms with Crippen LogP contribution in [-0.2, 0) is 11.0 Å². The summed E-state index contributed by atoms with van der Waals surface area (Å²) in [5.41, 5.74) is 0.973. The van der Waals surface area contributed by atoms with Crippen LogP contribution in [0.5, 0.6) is 0 Å². The minimum Gasteiger partial charge on any atom is -0.478 e. The van der Waals surface area contributed by atoms with Gasteiger partial charge in [0.1, 0.15) is 5.52 Å². The van der Waals surface area contributed by atoms with Gasteiger partial charge in [-0.2, -0.15) is 13.2 Å². The van der Waals surface area contributed by atoms with Crippen LogP contribution in [0.3, 0.4) is 0 Å². The molecule has 0 spiro atoms. The summed E-state index contributed by atoms with van der Waals surface area (Å²) >= 11 is 0. The molecule has 0 amide bonds. The number of H-pyrrole nitrogens is 1. The Hall–Kier alpha value is -3.03. The predicted octanol–water partition coefficient (Wildman–Crippen LogP) is 3.51. The highest BCUT2D eigenvalue weighted by Crippen LogP contribution is 2.32. The van der Waals surface area contributed by atoms with E-state index in [9.17, 15) is 22.8 Å². The molecule has 0 aliphatic rings. The van der Waals surface area contributed by atoms with E-state index in [4.69, 9.17) is 5.11 Å². The monoisotopic (exact) mass is 350 g/mol. The topological polar surface area (TPSA) is 74.6 Å². The summed E-state index contributed by atoms with van der Waals surface area (Å²) in [5.74, 6) is -1.17. The van der Waals surface area contributed by atoms with Crippen molar-refractivity contribution in [2.24, 2.45) is 0 Å². The number of nitrogens with one attached hydrogen (secondary N) is 1. The Bertz CT molecular complexity index is 1100. The third-order valence-corrected chi connectivity index (χ3v) is 4.18. The van der Waals surface area contributed by atoms with Gasteiger partial charge in [0.15, 0.2) is 0 Å². The second-order valence-corrected chi connectivity index (χ2v) is 5.67. The van der Waals surface area contributed by atoms with Crippen molar-refractivity contribution >= 4 is 28.6 Å². The molecule has 0 saturated heterocycles. The molecule has 25 heavy (non-hydrogen) atoms. The van der Waals surface area contributed by atoms with E-state index in [2.05, 4.69) is 4.98 Å². The SMILES string of the molecule is Cc1c(C)c2c(=O)[nH]c3cc(C(F)(F)F)ccc3n2c1C=CC(=O)O. The fourth-order valence-corrected chi connectivity index (χ4v) is 2.89. The fourth-order valence-electron chi connectivity index (χ4n) is 2.89. The lowest BCUT2D eigenvalue weighted by Gasteiger charge is -2.10. The third kappa shape index (κ3) is 2.69. The molecule has 0 atom stereocenters. The Morgan fingerprint density at radius 3 is 2.52 bits per heavy atom. The van der Waals surface area contributed by atoms with Gasteiger partial charge in [-0.1, -0.05) is 0 Å². The van der Waals surface area contributed by atoms with Crippen LogP contribution in [0, 0.1) is 13.8 Å². The minimum atomic E-state index is -4.53. The molecule has 0 saturated carbocycles. The maximum Gasteiger partial charge on any atom is 0.416 e. The van der Waals surface area contributed by atoms with Crippen molar-refractivity contribution in [3.63, 3.8) is 0 Å². The van der Waals surface area contributed by atoms with Gasteiger partial charge in [-0.05, 0) is 49.2 Å². The van der Waals surface area contributed by atoms with Gasteiger partial charge in [-0.3, -0.25) is 4.79 Å². The molecule has 2 aromatic heterocycles. The number of aromatic nitrogens is 2. The molecule has 8 heteroatoms. The van der Waals surface area contributed by atoms with E-state index in [1.165, 1.54) is 16.5 Å². The van der Waals surface area contributed by atoms with Crippen LogP contribution in [0.4, 0.5) is 13.2 Å². The number of aryl methyl sites for hydroxylation is 1. The van der Waals surface area contributed by atoms with E-state index >= 15 is 0 Å². The standard InChI is InChI=1S/C17H13F3N2O3/c1-8-9(2)15-16(25)21-11-7-10(17(18,19)20)3-4-13(11)22(15)12(8)5-6-14(23)24/h3-7H,1-2H3,(H,21,25)(H,23,24). The first kappa shape index (κ1) is 16.8. The summed E-state index contributed by atoms with van der Waals surface area (Å²) in [6.07, 6.45) is -2.28. The van der Waals surface area contributed by atoms with Crippen LogP contribution in [0.1, 0.15) is 22.4 Å². The second kappa shape index (κ2) is 5.51. The van der Waals surface area contributed by atoms with E-state index in [1.54, 1.807) is 13.8 Å². The van der Waals surface area contributed by atoms with Crippen molar-refractivity contribution in [1.29, 1.82) is 0 Å². The lowest BCUT2D eigenvalue weighted by atomic mass is 10.1. The number of benzene rings is 1. The van der Waals surface area contributed by atoms with Gasteiger partial charge in [0.05, 0.1) is 16.6 Å². The van der Waals surface area contributed by atoms with Crippen molar-refractivity contribution in [3.05, 3.63) is 57.0 Å². The van der Waals surface area contributed by atoms with Gasteiger partial charge in [0.2, 0.25) is 0 Å². The molecular formula is C17H13F3N2O3. The van der Waals surface area contributed by atoms with Gasteiger partial charge in [0, 0.05) is 11.8 Å². The summed E-state index contributed by atoms with van der Waals surface area (Å²) in [6, 6.07) is 3.05. The number of rotatable bonds is 2. The third-order valence-electron chi connectivity index (χ3n) is 4.18. The van der Waals surface area contributed by atoms with Crippen molar-refractivity contribution in [3.8, 4) is 0 Å². The van der Waals surface area contributed by atoms with Crippen molar-refractivity contribution in [2.75, 3.05) is 0 Å². The average Bonchev–Trinajstić information content (AvgIpc) is 2.76. The molecule has 0 fully saturated rings. The second-order valence-electron chi connectivity index (χ2n) is 5.67. The highest BCUT2D eigenvalue weighted by Gasteiger charge is 2.31. The van der Waals surface area contributed by atoms with E-state index in [1.807, 2.05) is 0 Å². The van der Waals surface area contributed by atoms with E-state index in [-0.39, 0.29) is 11.0 Å². The van der Waals surface area contributed by atoms with Crippen molar-refractivity contribution < 1.29 is 23.1 Å². The first-order valence-corrected chi connectivity index (χ1v) is 7.27. The molecule has 5 nitrogen and oxygen atoms in total. The Morgan fingerprint density at radius 2 is 1.92 bits per heavy atom. The summed E-state index contributed by atoms with van der Waals surface area (Å²) in [7, 11) is 0. The summed E-state index contributed by atoms with van der Waals surface area (Å²) in [4.78, 5) is 25.7. The summed E-state index contributed by atoms with van der Waals surface area (Å²) in [6.45, 7) is 3.42. The Morgan fingerprint density at radius 1 is 1.24 bits per heavy atom. The molecule has 2 N–H and O–H groups in total. The van der Waals surface area contributed by atoms with E-state index in [0.717, 1.165) is 18.2 Å². The number of carboxylic acid groups (broad SMARTS) is 1. The molecular weight excluding hydrogens is 337 g/mol. The van der Waals surface area contributed by atoms with Crippen LogP contribution >= 0.6 is 0 Å². The number of carbonyl (C=O) groups is 1. The van der Waals surface area contributed by atoms with Crippen LogP contribution in [0.15, 0.2) is 29.1 Å². The maximum atomic E-state index is 12.9. The predicted molar refractivity (Wildman–Crippen MR) is 86.7 cm³/mol. The van der Waals surface area contributed by atoms with Crippen LogP contribution in [-0.4, -0.2) is 20.5 Å². The number of nitrogens with zero attached hydrogens (tertiary/aromatic N) is 1. The van der Waals surface area contributed by atoms with Gasteiger partial charge >= 0.3 is 12.1 Å². The average molecular weight is 350 g/mol. The number of aromatic amines is 1. The highest BCUT2D eigenvalue weighted by molar-refractivity contribution is 5.88. The summed E-state index contributed by atoms with van der Waals surface area (Å²) in [5, 5.41) is 8.85. The zero-order valence-electron chi connectivity index (χ0n) is 13.2. The van der Waals surface area contributed by atoms with Gasteiger partial charge in [-0.25, -0.2) is 4.79 Å². The molecule has 3 aromatic rings. The van der Waals surface area contributed by atoms with Crippen LogP contribution < -0.4 is 5.56 Å². The minimum absolute atomic E-state index is 0.0206. The molecule has 0 aliphatic heterocycles. The zero-order valence-corrected chi connectivity index (χ0v) is 13.2.